The molecule has 7 heteroatoms. The minimum Gasteiger partial charge on any atom is -0.482 e. The summed E-state index contributed by atoms with van der Waals surface area (Å²) in [5.41, 5.74) is 0.859. The van der Waals surface area contributed by atoms with Crippen molar-refractivity contribution in [1.82, 2.24) is 4.72 Å². The number of hydrogen-bond donors (Lipinski definition) is 2. The molecule has 1 atom stereocenters. The molecule has 0 amide bonds. The van der Waals surface area contributed by atoms with Crippen molar-refractivity contribution in [2.24, 2.45) is 0 Å². The number of hydrogen-bond acceptors (Lipinski definition) is 4. The van der Waals surface area contributed by atoms with Gasteiger partial charge in [-0.1, -0.05) is 30.3 Å². The van der Waals surface area contributed by atoms with Gasteiger partial charge in [0, 0.05) is 6.04 Å². The maximum atomic E-state index is 12.3. The molecule has 0 bridgehead atoms. The first kappa shape index (κ1) is 17.0. The van der Waals surface area contributed by atoms with Crippen molar-refractivity contribution in [2.45, 2.75) is 17.9 Å². The number of aliphatic carboxylic acids is 1. The monoisotopic (exact) mass is 335 g/mol. The molecule has 0 aliphatic carbocycles. The molecule has 0 fully saturated rings. The summed E-state index contributed by atoms with van der Waals surface area (Å²) >= 11 is 0. The quantitative estimate of drug-likeness (QED) is 0.809. The molecule has 6 nitrogen and oxygen atoms in total. The molecule has 0 spiro atoms. The van der Waals surface area contributed by atoms with Gasteiger partial charge in [-0.05, 0) is 36.8 Å². The van der Waals surface area contributed by atoms with Crippen LogP contribution in [-0.2, 0) is 14.8 Å². The Morgan fingerprint density at radius 2 is 1.74 bits per heavy atom. The third-order valence-electron chi connectivity index (χ3n) is 3.13. The fourth-order valence-electron chi connectivity index (χ4n) is 1.97. The fraction of sp³-hybridized carbons (Fsp3) is 0.188. The zero-order valence-electron chi connectivity index (χ0n) is 12.5. The Bertz CT molecular complexity index is 757. The molecule has 2 aromatic carbocycles. The molecule has 0 heterocycles. The highest BCUT2D eigenvalue weighted by Crippen LogP contribution is 2.19. The molecule has 0 unspecified atom stereocenters. The average molecular weight is 335 g/mol. The molecule has 2 rings (SSSR count). The van der Waals surface area contributed by atoms with Gasteiger partial charge >= 0.3 is 5.97 Å². The highest BCUT2D eigenvalue weighted by Gasteiger charge is 2.18. The molecule has 0 radical (unpaired) electrons. The molecule has 0 aromatic heterocycles. The number of nitrogens with one attached hydrogen (secondary N) is 1. The lowest BCUT2D eigenvalue weighted by molar-refractivity contribution is -0.139. The lowest BCUT2D eigenvalue weighted by Crippen LogP contribution is -2.26. The number of ether oxygens (including phenoxy) is 1. The Hall–Kier alpha value is -2.38. The second-order valence-corrected chi connectivity index (χ2v) is 6.62. The van der Waals surface area contributed by atoms with Crippen LogP contribution in [0.4, 0.5) is 0 Å². The van der Waals surface area contributed by atoms with Gasteiger partial charge in [-0.15, -0.1) is 0 Å². The zero-order chi connectivity index (χ0) is 16.9. The van der Waals surface area contributed by atoms with Gasteiger partial charge in [-0.2, -0.15) is 0 Å². The highest BCUT2D eigenvalue weighted by molar-refractivity contribution is 7.89. The fourth-order valence-corrected chi connectivity index (χ4v) is 3.20. The van der Waals surface area contributed by atoms with Gasteiger partial charge in [-0.3, -0.25) is 0 Å². The van der Waals surface area contributed by atoms with Crippen molar-refractivity contribution in [3.05, 3.63) is 60.2 Å². The van der Waals surface area contributed by atoms with Crippen molar-refractivity contribution in [1.29, 1.82) is 0 Å². The first-order valence-corrected chi connectivity index (χ1v) is 8.39. The summed E-state index contributed by atoms with van der Waals surface area (Å²) in [6.07, 6.45) is 0. The average Bonchev–Trinajstić information content (AvgIpc) is 2.53. The second-order valence-electron chi connectivity index (χ2n) is 4.91. The maximum Gasteiger partial charge on any atom is 0.341 e. The molecule has 0 saturated heterocycles. The van der Waals surface area contributed by atoms with Gasteiger partial charge in [0.05, 0.1) is 4.90 Å². The topological polar surface area (TPSA) is 92.7 Å². The van der Waals surface area contributed by atoms with E-state index in [-0.39, 0.29) is 10.9 Å². The molecule has 2 aromatic rings. The number of sulfonamides is 1. The van der Waals surface area contributed by atoms with Crippen LogP contribution < -0.4 is 9.46 Å². The van der Waals surface area contributed by atoms with Crippen molar-refractivity contribution in [3.8, 4) is 5.75 Å². The third kappa shape index (κ3) is 4.80. The van der Waals surface area contributed by atoms with Crippen LogP contribution in [0.25, 0.3) is 0 Å². The second kappa shape index (κ2) is 7.26. The van der Waals surface area contributed by atoms with E-state index >= 15 is 0 Å². The molecular formula is C16H17NO5S. The highest BCUT2D eigenvalue weighted by atomic mass is 32.2. The Labute approximate surface area is 134 Å². The summed E-state index contributed by atoms with van der Waals surface area (Å²) in [6, 6.07) is 14.4. The minimum absolute atomic E-state index is 0.0861. The van der Waals surface area contributed by atoms with Crippen LogP contribution in [0.15, 0.2) is 59.5 Å². The Morgan fingerprint density at radius 1 is 1.13 bits per heavy atom. The van der Waals surface area contributed by atoms with Crippen molar-refractivity contribution in [3.63, 3.8) is 0 Å². The van der Waals surface area contributed by atoms with Crippen LogP contribution in [-0.4, -0.2) is 26.1 Å². The van der Waals surface area contributed by atoms with E-state index in [2.05, 4.69) is 4.72 Å². The largest absolute Gasteiger partial charge is 0.482 e. The van der Waals surface area contributed by atoms with Crippen molar-refractivity contribution >= 4 is 16.0 Å². The van der Waals surface area contributed by atoms with Crippen LogP contribution in [0.2, 0.25) is 0 Å². The van der Waals surface area contributed by atoms with Gasteiger partial charge < -0.3 is 9.84 Å². The molecule has 122 valence electrons. The van der Waals surface area contributed by atoms with Crippen LogP contribution in [0, 0.1) is 0 Å². The van der Waals surface area contributed by atoms with Crippen molar-refractivity contribution in [2.75, 3.05) is 6.61 Å². The number of rotatable bonds is 7. The standard InChI is InChI=1S/C16H17NO5S/c1-12(13-5-3-2-4-6-13)17-23(20,21)15-9-7-14(8-10-15)22-11-16(18)19/h2-10,12,17H,11H2,1H3,(H,18,19)/t12-/m1/s1. The van der Waals surface area contributed by atoms with Gasteiger partial charge in [0.15, 0.2) is 6.61 Å². The van der Waals surface area contributed by atoms with E-state index in [0.717, 1.165) is 5.56 Å². The number of carboxylic acids is 1. The van der Waals surface area contributed by atoms with Gasteiger partial charge in [0.1, 0.15) is 5.75 Å². The van der Waals surface area contributed by atoms with Crippen LogP contribution in [0.5, 0.6) is 5.75 Å². The van der Waals surface area contributed by atoms with Crippen LogP contribution in [0.1, 0.15) is 18.5 Å². The van der Waals surface area contributed by atoms with E-state index in [0.29, 0.717) is 5.75 Å². The molecule has 23 heavy (non-hydrogen) atoms. The molecule has 0 aliphatic rings. The lowest BCUT2D eigenvalue weighted by atomic mass is 10.1. The summed E-state index contributed by atoms with van der Waals surface area (Å²) < 4.78 is 32.3. The third-order valence-corrected chi connectivity index (χ3v) is 4.68. The molecular weight excluding hydrogens is 318 g/mol. The van der Waals surface area contributed by atoms with E-state index in [1.807, 2.05) is 30.3 Å². The summed E-state index contributed by atoms with van der Waals surface area (Å²) in [7, 11) is -3.68. The zero-order valence-corrected chi connectivity index (χ0v) is 13.3. The summed E-state index contributed by atoms with van der Waals surface area (Å²) in [6.45, 7) is 1.28. The van der Waals surface area contributed by atoms with E-state index < -0.39 is 22.6 Å². The summed E-state index contributed by atoms with van der Waals surface area (Å²) in [5, 5.41) is 8.54. The molecule has 0 saturated carbocycles. The molecule has 0 aliphatic heterocycles. The lowest BCUT2D eigenvalue weighted by Gasteiger charge is -2.15. The summed E-state index contributed by atoms with van der Waals surface area (Å²) in [4.78, 5) is 10.5. The van der Waals surface area contributed by atoms with Gasteiger partial charge in [-0.25, -0.2) is 17.9 Å². The van der Waals surface area contributed by atoms with Gasteiger partial charge in [0.2, 0.25) is 10.0 Å². The first-order valence-electron chi connectivity index (χ1n) is 6.90. The Morgan fingerprint density at radius 3 is 2.30 bits per heavy atom. The SMILES string of the molecule is C[C@@H](NS(=O)(=O)c1ccc(OCC(=O)O)cc1)c1ccccc1. The number of benzene rings is 2. The number of carbonyl (C=O) groups is 1. The van der Waals surface area contributed by atoms with E-state index in [1.165, 1.54) is 24.3 Å². The number of carboxylic acid groups (broad SMARTS) is 1. The van der Waals surface area contributed by atoms with E-state index in [4.69, 9.17) is 9.84 Å². The molecule has 2 N–H and O–H groups in total. The smallest absolute Gasteiger partial charge is 0.341 e. The van der Waals surface area contributed by atoms with E-state index in [9.17, 15) is 13.2 Å². The summed E-state index contributed by atoms with van der Waals surface area (Å²) in [5.74, 6) is -0.803. The van der Waals surface area contributed by atoms with Crippen molar-refractivity contribution < 1.29 is 23.1 Å². The predicted molar refractivity (Wildman–Crippen MR) is 84.8 cm³/mol. The van der Waals surface area contributed by atoms with Gasteiger partial charge in [0.25, 0.3) is 0 Å². The van der Waals surface area contributed by atoms with Crippen LogP contribution in [0.3, 0.4) is 0 Å². The minimum atomic E-state index is -3.68. The van der Waals surface area contributed by atoms with E-state index in [1.54, 1.807) is 6.92 Å². The first-order chi connectivity index (χ1) is 10.9. The maximum absolute atomic E-state index is 12.3. The van der Waals surface area contributed by atoms with Crippen LogP contribution >= 0.6 is 0 Å². The Balaban J connectivity index is 2.08. The normalized spacial score (nSPS) is 12.6. The Kier molecular flexibility index (Phi) is 5.36. The predicted octanol–water partition coefficient (Wildman–Crippen LogP) is 2.19.